The van der Waals surface area contributed by atoms with Gasteiger partial charge in [-0.25, -0.2) is 4.79 Å². The van der Waals surface area contributed by atoms with Crippen molar-refractivity contribution in [3.63, 3.8) is 0 Å². The topological polar surface area (TPSA) is 52.6 Å². The zero-order chi connectivity index (χ0) is 18.6. The van der Waals surface area contributed by atoms with Crippen molar-refractivity contribution in [1.82, 2.24) is 4.90 Å². The van der Waals surface area contributed by atoms with Crippen LogP contribution in [0.3, 0.4) is 0 Å². The van der Waals surface area contributed by atoms with E-state index < -0.39 is 6.10 Å². The summed E-state index contributed by atoms with van der Waals surface area (Å²) < 4.78 is 0. The molecule has 0 heterocycles. The molecule has 0 aliphatic carbocycles. The van der Waals surface area contributed by atoms with Crippen molar-refractivity contribution in [2.24, 2.45) is 0 Å². The van der Waals surface area contributed by atoms with Crippen molar-refractivity contribution in [2.45, 2.75) is 40.7 Å². The van der Waals surface area contributed by atoms with E-state index in [1.54, 1.807) is 4.90 Å². The third-order valence-corrected chi connectivity index (χ3v) is 4.43. The van der Waals surface area contributed by atoms with Crippen LogP contribution >= 0.6 is 0 Å². The predicted molar refractivity (Wildman–Crippen MR) is 103 cm³/mol. The van der Waals surface area contributed by atoms with Crippen LogP contribution in [0.15, 0.2) is 36.4 Å². The average Bonchev–Trinajstić information content (AvgIpc) is 2.56. The molecular formula is C21H28N2O2. The van der Waals surface area contributed by atoms with Crippen molar-refractivity contribution >= 4 is 11.7 Å². The Labute approximate surface area is 150 Å². The number of urea groups is 1. The van der Waals surface area contributed by atoms with Gasteiger partial charge >= 0.3 is 6.03 Å². The van der Waals surface area contributed by atoms with Crippen LogP contribution in [-0.2, 0) is 0 Å². The first-order valence-corrected chi connectivity index (χ1v) is 8.70. The van der Waals surface area contributed by atoms with Gasteiger partial charge in [0.25, 0.3) is 0 Å². The molecule has 2 N–H and O–H groups in total. The number of anilines is 1. The molecule has 0 aliphatic rings. The Hall–Kier alpha value is -2.33. The van der Waals surface area contributed by atoms with Gasteiger partial charge in [0.15, 0.2) is 0 Å². The van der Waals surface area contributed by atoms with Gasteiger partial charge in [-0.2, -0.15) is 0 Å². The first-order valence-electron chi connectivity index (χ1n) is 8.70. The molecule has 1 atom stereocenters. The normalized spacial score (nSPS) is 11.9. The summed E-state index contributed by atoms with van der Waals surface area (Å²) in [5.74, 6) is 0. The van der Waals surface area contributed by atoms with E-state index >= 15 is 0 Å². The monoisotopic (exact) mass is 340 g/mol. The number of nitrogens with one attached hydrogen (secondary N) is 1. The number of benzene rings is 2. The number of likely N-dealkylation sites (N-methyl/N-ethyl adjacent to an activating group) is 1. The number of rotatable bonds is 5. The number of hydrogen-bond acceptors (Lipinski definition) is 2. The van der Waals surface area contributed by atoms with Gasteiger partial charge in [0.1, 0.15) is 0 Å². The maximum absolute atomic E-state index is 12.7. The van der Waals surface area contributed by atoms with Crippen molar-refractivity contribution in [1.29, 1.82) is 0 Å². The minimum absolute atomic E-state index is 0.191. The summed E-state index contributed by atoms with van der Waals surface area (Å²) in [6.45, 7) is 10.7. The van der Waals surface area contributed by atoms with E-state index in [1.807, 2.05) is 58.9 Å². The molecule has 0 saturated carbocycles. The van der Waals surface area contributed by atoms with Gasteiger partial charge in [0.05, 0.1) is 12.6 Å². The Morgan fingerprint density at radius 2 is 1.60 bits per heavy atom. The number of aliphatic hydroxyl groups is 1. The van der Waals surface area contributed by atoms with Crippen LogP contribution in [0.5, 0.6) is 0 Å². The third kappa shape index (κ3) is 4.83. The van der Waals surface area contributed by atoms with Crippen LogP contribution in [0, 0.1) is 27.7 Å². The highest BCUT2D eigenvalue weighted by Gasteiger charge is 2.18. The maximum atomic E-state index is 12.7. The zero-order valence-corrected chi connectivity index (χ0v) is 15.8. The number of nitrogens with zero attached hydrogens (tertiary/aromatic N) is 1. The molecule has 134 valence electrons. The lowest BCUT2D eigenvalue weighted by atomic mass is 10.1. The van der Waals surface area contributed by atoms with Gasteiger partial charge in [-0.05, 0) is 51.3 Å². The van der Waals surface area contributed by atoms with E-state index in [9.17, 15) is 9.90 Å². The second kappa shape index (κ2) is 8.17. The van der Waals surface area contributed by atoms with Gasteiger partial charge in [-0.15, -0.1) is 0 Å². The molecule has 0 bridgehead atoms. The highest BCUT2D eigenvalue weighted by atomic mass is 16.3. The van der Waals surface area contributed by atoms with Gasteiger partial charge in [0.2, 0.25) is 0 Å². The predicted octanol–water partition coefficient (Wildman–Crippen LogP) is 4.51. The lowest BCUT2D eigenvalue weighted by Gasteiger charge is -2.25. The Kier molecular flexibility index (Phi) is 6.21. The number of aliphatic hydroxyl groups excluding tert-OH is 1. The SMILES string of the molecule is CCN(CC(O)c1ccc(C)cc1)C(=O)Nc1c(C)cc(C)cc1C. The van der Waals surface area contributed by atoms with E-state index in [2.05, 4.69) is 17.4 Å². The molecule has 0 saturated heterocycles. The number of aryl methyl sites for hydroxylation is 4. The number of carbonyl (C=O) groups excluding carboxylic acids is 1. The Morgan fingerprint density at radius 3 is 2.12 bits per heavy atom. The molecule has 0 radical (unpaired) electrons. The molecule has 0 spiro atoms. The zero-order valence-electron chi connectivity index (χ0n) is 15.8. The fourth-order valence-electron chi connectivity index (χ4n) is 3.02. The smallest absolute Gasteiger partial charge is 0.321 e. The van der Waals surface area contributed by atoms with Crippen molar-refractivity contribution in [3.05, 3.63) is 64.2 Å². The van der Waals surface area contributed by atoms with Gasteiger partial charge in [-0.3, -0.25) is 0 Å². The number of amides is 2. The fourth-order valence-corrected chi connectivity index (χ4v) is 3.02. The molecule has 2 aromatic carbocycles. The van der Waals surface area contributed by atoms with Gasteiger partial charge in [-0.1, -0.05) is 47.5 Å². The number of hydrogen-bond donors (Lipinski definition) is 2. The first-order chi connectivity index (χ1) is 11.8. The Bertz CT molecular complexity index is 715. The standard InChI is InChI=1S/C21H28N2O2/c1-6-23(13-19(24)18-9-7-14(2)8-10-18)21(25)22-20-16(4)11-15(3)12-17(20)5/h7-12,19,24H,6,13H2,1-5H3,(H,22,25). The minimum Gasteiger partial charge on any atom is -0.387 e. The molecule has 4 nitrogen and oxygen atoms in total. The van der Waals surface area contributed by atoms with E-state index in [-0.39, 0.29) is 12.6 Å². The fraction of sp³-hybridized carbons (Fsp3) is 0.381. The molecule has 0 aromatic heterocycles. The largest absolute Gasteiger partial charge is 0.387 e. The van der Waals surface area contributed by atoms with Crippen LogP contribution in [0.4, 0.5) is 10.5 Å². The minimum atomic E-state index is -0.702. The Morgan fingerprint density at radius 1 is 1.04 bits per heavy atom. The molecule has 2 aromatic rings. The van der Waals surface area contributed by atoms with E-state index in [0.717, 1.165) is 27.9 Å². The maximum Gasteiger partial charge on any atom is 0.321 e. The van der Waals surface area contributed by atoms with Crippen LogP contribution in [0.1, 0.15) is 40.8 Å². The summed E-state index contributed by atoms with van der Waals surface area (Å²) in [5, 5.41) is 13.5. The average molecular weight is 340 g/mol. The number of carbonyl (C=O) groups is 1. The summed E-state index contributed by atoms with van der Waals surface area (Å²) in [4.78, 5) is 14.3. The van der Waals surface area contributed by atoms with E-state index in [1.165, 1.54) is 5.56 Å². The second-order valence-electron chi connectivity index (χ2n) is 6.67. The molecule has 1 unspecified atom stereocenters. The molecule has 25 heavy (non-hydrogen) atoms. The summed E-state index contributed by atoms with van der Waals surface area (Å²) in [6, 6.07) is 11.7. The molecule has 2 rings (SSSR count). The van der Waals surface area contributed by atoms with Crippen molar-refractivity contribution in [2.75, 3.05) is 18.4 Å². The summed E-state index contributed by atoms with van der Waals surface area (Å²) >= 11 is 0. The van der Waals surface area contributed by atoms with E-state index in [4.69, 9.17) is 0 Å². The van der Waals surface area contributed by atoms with Crippen molar-refractivity contribution in [3.8, 4) is 0 Å². The lowest BCUT2D eigenvalue weighted by Crippen LogP contribution is -2.38. The van der Waals surface area contributed by atoms with Crippen LogP contribution in [0.2, 0.25) is 0 Å². The van der Waals surface area contributed by atoms with Crippen LogP contribution < -0.4 is 5.32 Å². The van der Waals surface area contributed by atoms with Gasteiger partial charge in [0, 0.05) is 12.2 Å². The molecule has 0 aliphatic heterocycles. The molecule has 0 fully saturated rings. The van der Waals surface area contributed by atoms with Crippen molar-refractivity contribution < 1.29 is 9.90 Å². The molecule has 4 heteroatoms. The Balaban J connectivity index is 2.09. The summed E-state index contributed by atoms with van der Waals surface area (Å²) in [6.07, 6.45) is -0.702. The molecular weight excluding hydrogens is 312 g/mol. The van der Waals surface area contributed by atoms with E-state index in [0.29, 0.717) is 6.54 Å². The van der Waals surface area contributed by atoms with Crippen LogP contribution in [0.25, 0.3) is 0 Å². The second-order valence-corrected chi connectivity index (χ2v) is 6.67. The third-order valence-electron chi connectivity index (χ3n) is 4.43. The highest BCUT2D eigenvalue weighted by Crippen LogP contribution is 2.23. The summed E-state index contributed by atoms with van der Waals surface area (Å²) in [7, 11) is 0. The summed E-state index contributed by atoms with van der Waals surface area (Å²) in [5.41, 5.74) is 6.07. The molecule has 2 amide bonds. The van der Waals surface area contributed by atoms with Gasteiger partial charge < -0.3 is 15.3 Å². The first kappa shape index (κ1) is 19.0. The quantitative estimate of drug-likeness (QED) is 0.841. The highest BCUT2D eigenvalue weighted by molar-refractivity contribution is 5.91. The van der Waals surface area contributed by atoms with Crippen LogP contribution in [-0.4, -0.2) is 29.1 Å². The lowest BCUT2D eigenvalue weighted by molar-refractivity contribution is 0.128.